The van der Waals surface area contributed by atoms with Crippen LogP contribution in [0.3, 0.4) is 0 Å². The predicted octanol–water partition coefficient (Wildman–Crippen LogP) is 1.96. The molecule has 22 heavy (non-hydrogen) atoms. The van der Waals surface area contributed by atoms with Crippen molar-refractivity contribution in [2.45, 2.75) is 37.5 Å². The molecule has 5 nitrogen and oxygen atoms in total. The minimum Gasteiger partial charge on any atom is -0.371 e. The fourth-order valence-electron chi connectivity index (χ4n) is 2.91. The van der Waals surface area contributed by atoms with Crippen LogP contribution in [-0.4, -0.2) is 33.2 Å². The Morgan fingerprint density at radius 1 is 1.32 bits per heavy atom. The lowest BCUT2D eigenvalue weighted by molar-refractivity contribution is -0.118. The second-order valence-electron chi connectivity index (χ2n) is 5.86. The Bertz CT molecular complexity index is 611. The number of carbonyl (C=O) groups excluding carboxylic acids is 1. The van der Waals surface area contributed by atoms with Gasteiger partial charge in [-0.15, -0.1) is 0 Å². The van der Waals surface area contributed by atoms with Crippen molar-refractivity contribution < 1.29 is 13.2 Å². The molecule has 0 unspecified atom stereocenters. The monoisotopic (exact) mass is 324 g/mol. The molecule has 1 aliphatic heterocycles. The van der Waals surface area contributed by atoms with E-state index in [-0.39, 0.29) is 11.7 Å². The van der Waals surface area contributed by atoms with E-state index in [4.69, 9.17) is 5.73 Å². The Labute approximate surface area is 132 Å². The van der Waals surface area contributed by atoms with Crippen molar-refractivity contribution in [2.75, 3.05) is 23.7 Å². The summed E-state index contributed by atoms with van der Waals surface area (Å²) in [5, 5.41) is 0. The van der Waals surface area contributed by atoms with Gasteiger partial charge in [-0.25, -0.2) is 8.42 Å². The molecule has 122 valence electrons. The van der Waals surface area contributed by atoms with Crippen molar-refractivity contribution in [3.05, 3.63) is 24.3 Å². The van der Waals surface area contributed by atoms with Crippen LogP contribution >= 0.6 is 0 Å². The molecule has 0 saturated carbocycles. The van der Waals surface area contributed by atoms with Gasteiger partial charge < -0.3 is 10.6 Å². The van der Waals surface area contributed by atoms with E-state index in [1.807, 2.05) is 12.1 Å². The van der Waals surface area contributed by atoms with Gasteiger partial charge in [0.05, 0.1) is 10.6 Å². The van der Waals surface area contributed by atoms with Crippen LogP contribution in [0.4, 0.5) is 5.69 Å². The van der Waals surface area contributed by atoms with Gasteiger partial charge in [-0.05, 0) is 49.4 Å². The highest BCUT2D eigenvalue weighted by Crippen LogP contribution is 2.26. The van der Waals surface area contributed by atoms with E-state index < -0.39 is 9.84 Å². The Morgan fingerprint density at radius 3 is 2.59 bits per heavy atom. The summed E-state index contributed by atoms with van der Waals surface area (Å²) in [4.78, 5) is 13.5. The molecule has 0 spiro atoms. The SMILES string of the molecule is CCS(=O)(=O)c1ccc(N2CCC[C@@H](CCC(N)=O)C2)cc1. The third-order valence-electron chi connectivity index (χ3n) is 4.26. The number of benzene rings is 1. The second kappa shape index (κ2) is 7.13. The maximum atomic E-state index is 11.8. The first-order chi connectivity index (χ1) is 10.4. The highest BCUT2D eigenvalue weighted by molar-refractivity contribution is 7.91. The molecule has 1 heterocycles. The average molecular weight is 324 g/mol. The van der Waals surface area contributed by atoms with Crippen LogP contribution in [-0.2, 0) is 14.6 Å². The molecule has 1 fully saturated rings. The zero-order valence-corrected chi connectivity index (χ0v) is 13.8. The Hall–Kier alpha value is -1.56. The number of hydrogen-bond acceptors (Lipinski definition) is 4. The maximum Gasteiger partial charge on any atom is 0.217 e. The molecule has 1 atom stereocenters. The summed E-state index contributed by atoms with van der Waals surface area (Å²) >= 11 is 0. The van der Waals surface area contributed by atoms with E-state index in [1.54, 1.807) is 19.1 Å². The van der Waals surface area contributed by atoms with E-state index in [0.29, 0.717) is 17.2 Å². The summed E-state index contributed by atoms with van der Waals surface area (Å²) in [6.45, 7) is 3.51. The molecule has 6 heteroatoms. The molecule has 1 aromatic carbocycles. The van der Waals surface area contributed by atoms with Crippen molar-refractivity contribution in [3.63, 3.8) is 0 Å². The molecule has 0 radical (unpaired) electrons. The van der Waals surface area contributed by atoms with Crippen molar-refractivity contribution in [3.8, 4) is 0 Å². The quantitative estimate of drug-likeness (QED) is 0.867. The lowest BCUT2D eigenvalue weighted by Gasteiger charge is -2.34. The van der Waals surface area contributed by atoms with Crippen LogP contribution in [0, 0.1) is 5.92 Å². The second-order valence-corrected chi connectivity index (χ2v) is 8.13. The standard InChI is InChI=1S/C16H24N2O3S/c1-2-22(20,21)15-8-6-14(7-9-15)18-11-3-4-13(12-18)5-10-16(17)19/h6-9,13H,2-5,10-12H2,1H3,(H2,17,19)/t13-/m0/s1. The van der Waals surface area contributed by atoms with Crippen molar-refractivity contribution >= 4 is 21.4 Å². The van der Waals surface area contributed by atoms with E-state index in [9.17, 15) is 13.2 Å². The normalized spacial score (nSPS) is 19.1. The molecule has 0 aliphatic carbocycles. The van der Waals surface area contributed by atoms with Gasteiger partial charge in [0.1, 0.15) is 0 Å². The minimum atomic E-state index is -3.14. The number of amides is 1. The molecule has 0 aromatic heterocycles. The summed E-state index contributed by atoms with van der Waals surface area (Å²) < 4.78 is 23.7. The fraction of sp³-hybridized carbons (Fsp3) is 0.562. The molecule has 1 saturated heterocycles. The molecule has 2 rings (SSSR count). The first kappa shape index (κ1) is 16.8. The highest BCUT2D eigenvalue weighted by atomic mass is 32.2. The number of rotatable bonds is 6. The van der Waals surface area contributed by atoms with Gasteiger partial charge in [-0.3, -0.25) is 4.79 Å². The lowest BCUT2D eigenvalue weighted by Crippen LogP contribution is -2.35. The zero-order chi connectivity index (χ0) is 16.2. The lowest BCUT2D eigenvalue weighted by atomic mass is 9.93. The molecule has 1 aromatic rings. The molecule has 1 aliphatic rings. The molecule has 2 N–H and O–H groups in total. The first-order valence-corrected chi connectivity index (χ1v) is 9.43. The van der Waals surface area contributed by atoms with E-state index in [0.717, 1.165) is 38.0 Å². The van der Waals surface area contributed by atoms with Gasteiger partial charge in [0, 0.05) is 25.2 Å². The Balaban J connectivity index is 2.03. The van der Waals surface area contributed by atoms with Crippen LogP contribution < -0.4 is 10.6 Å². The zero-order valence-electron chi connectivity index (χ0n) is 13.0. The molecular formula is C16H24N2O3S. The maximum absolute atomic E-state index is 11.8. The van der Waals surface area contributed by atoms with Crippen LogP contribution in [0.1, 0.15) is 32.6 Å². The van der Waals surface area contributed by atoms with Gasteiger partial charge >= 0.3 is 0 Å². The number of nitrogens with zero attached hydrogens (tertiary/aromatic N) is 1. The number of nitrogens with two attached hydrogens (primary N) is 1. The predicted molar refractivity (Wildman–Crippen MR) is 87.5 cm³/mol. The molecular weight excluding hydrogens is 300 g/mol. The topological polar surface area (TPSA) is 80.5 Å². The summed E-state index contributed by atoms with van der Waals surface area (Å²) in [5.41, 5.74) is 6.26. The number of sulfone groups is 1. The number of primary amides is 1. The van der Waals surface area contributed by atoms with E-state index in [2.05, 4.69) is 4.90 Å². The number of carbonyl (C=O) groups is 1. The van der Waals surface area contributed by atoms with Crippen molar-refractivity contribution in [1.82, 2.24) is 0 Å². The Kier molecular flexibility index (Phi) is 5.45. The molecule has 1 amide bonds. The van der Waals surface area contributed by atoms with Gasteiger partial charge in [0.15, 0.2) is 9.84 Å². The Morgan fingerprint density at radius 2 is 2.00 bits per heavy atom. The summed E-state index contributed by atoms with van der Waals surface area (Å²) in [7, 11) is -3.14. The fourth-order valence-corrected chi connectivity index (χ4v) is 3.80. The van der Waals surface area contributed by atoms with Crippen LogP contribution in [0.15, 0.2) is 29.2 Å². The highest BCUT2D eigenvalue weighted by Gasteiger charge is 2.21. The number of anilines is 1. The first-order valence-electron chi connectivity index (χ1n) is 7.78. The van der Waals surface area contributed by atoms with Gasteiger partial charge in [0.2, 0.25) is 5.91 Å². The average Bonchev–Trinajstić information content (AvgIpc) is 2.53. The van der Waals surface area contributed by atoms with Gasteiger partial charge in [0.25, 0.3) is 0 Å². The third kappa shape index (κ3) is 4.22. The molecule has 0 bridgehead atoms. The van der Waals surface area contributed by atoms with Gasteiger partial charge in [-0.1, -0.05) is 6.92 Å². The van der Waals surface area contributed by atoms with Crippen molar-refractivity contribution in [2.24, 2.45) is 11.7 Å². The summed E-state index contributed by atoms with van der Waals surface area (Å²) in [5.74, 6) is 0.345. The minimum absolute atomic E-state index is 0.116. The third-order valence-corrected chi connectivity index (χ3v) is 6.01. The largest absolute Gasteiger partial charge is 0.371 e. The number of hydrogen-bond donors (Lipinski definition) is 1. The van der Waals surface area contributed by atoms with Crippen LogP contribution in [0.5, 0.6) is 0 Å². The summed E-state index contributed by atoms with van der Waals surface area (Å²) in [6.07, 6.45) is 3.46. The van der Waals surface area contributed by atoms with Gasteiger partial charge in [-0.2, -0.15) is 0 Å². The van der Waals surface area contributed by atoms with Crippen molar-refractivity contribution in [1.29, 1.82) is 0 Å². The smallest absolute Gasteiger partial charge is 0.217 e. The van der Waals surface area contributed by atoms with Crippen LogP contribution in [0.25, 0.3) is 0 Å². The van der Waals surface area contributed by atoms with E-state index >= 15 is 0 Å². The summed E-state index contributed by atoms with van der Waals surface area (Å²) in [6, 6.07) is 7.11. The van der Waals surface area contributed by atoms with Crippen LogP contribution in [0.2, 0.25) is 0 Å². The van der Waals surface area contributed by atoms with E-state index in [1.165, 1.54) is 0 Å². The number of piperidine rings is 1.